The Bertz CT molecular complexity index is 873. The number of benzene rings is 1. The first-order valence-electron chi connectivity index (χ1n) is 8.68. The topological polar surface area (TPSA) is 64.7 Å². The van der Waals surface area contributed by atoms with Crippen molar-refractivity contribution in [3.8, 4) is 0 Å². The van der Waals surface area contributed by atoms with Gasteiger partial charge in [-0.2, -0.15) is 10.2 Å². The summed E-state index contributed by atoms with van der Waals surface area (Å²) in [7, 11) is 0. The molecule has 6 heteroatoms. The van der Waals surface area contributed by atoms with Crippen LogP contribution in [0.15, 0.2) is 30.5 Å². The van der Waals surface area contributed by atoms with Crippen LogP contribution in [-0.2, 0) is 17.9 Å². The molecular formula is C19H25N5O. The van der Waals surface area contributed by atoms with Crippen LogP contribution in [0.3, 0.4) is 0 Å². The Balaban J connectivity index is 1.60. The maximum Gasteiger partial charge on any atom is 0.222 e. The highest BCUT2D eigenvalue weighted by Crippen LogP contribution is 2.21. The molecule has 0 atom stereocenters. The second kappa shape index (κ2) is 7.09. The van der Waals surface area contributed by atoms with Gasteiger partial charge in [0.2, 0.25) is 5.91 Å². The molecule has 0 saturated carbocycles. The van der Waals surface area contributed by atoms with Gasteiger partial charge in [-0.25, -0.2) is 0 Å². The maximum atomic E-state index is 12.1. The van der Waals surface area contributed by atoms with Gasteiger partial charge >= 0.3 is 0 Å². The number of nitrogens with one attached hydrogen (secondary N) is 1. The van der Waals surface area contributed by atoms with E-state index in [-0.39, 0.29) is 11.9 Å². The summed E-state index contributed by atoms with van der Waals surface area (Å²) >= 11 is 0. The van der Waals surface area contributed by atoms with Crippen molar-refractivity contribution in [1.29, 1.82) is 0 Å². The highest BCUT2D eigenvalue weighted by atomic mass is 16.1. The van der Waals surface area contributed by atoms with Crippen molar-refractivity contribution < 1.29 is 4.79 Å². The first-order valence-corrected chi connectivity index (χ1v) is 8.68. The average Bonchev–Trinajstić information content (AvgIpc) is 3.14. The molecule has 3 aromatic rings. The van der Waals surface area contributed by atoms with E-state index in [0.29, 0.717) is 19.5 Å². The molecule has 0 aliphatic rings. The van der Waals surface area contributed by atoms with Gasteiger partial charge in [-0.05, 0) is 33.3 Å². The Morgan fingerprint density at radius 1 is 1.20 bits per heavy atom. The highest BCUT2D eigenvalue weighted by molar-refractivity contribution is 5.79. The molecule has 2 heterocycles. The summed E-state index contributed by atoms with van der Waals surface area (Å²) in [5.74, 6) is 0.0260. The largest absolute Gasteiger partial charge is 0.352 e. The zero-order chi connectivity index (χ0) is 18.0. The lowest BCUT2D eigenvalue weighted by Gasteiger charge is -2.06. The van der Waals surface area contributed by atoms with E-state index in [4.69, 9.17) is 0 Å². The second-order valence-corrected chi connectivity index (χ2v) is 6.74. The van der Waals surface area contributed by atoms with E-state index in [0.717, 1.165) is 22.3 Å². The number of aryl methyl sites for hydroxylation is 3. The molecule has 0 aliphatic carbocycles. The third kappa shape index (κ3) is 3.73. The molecular weight excluding hydrogens is 314 g/mol. The molecule has 1 aromatic carbocycles. The molecule has 1 N–H and O–H groups in total. The summed E-state index contributed by atoms with van der Waals surface area (Å²) in [6.45, 7) is 9.34. The smallest absolute Gasteiger partial charge is 0.222 e. The van der Waals surface area contributed by atoms with Crippen LogP contribution in [0.2, 0.25) is 0 Å². The second-order valence-electron chi connectivity index (χ2n) is 6.74. The van der Waals surface area contributed by atoms with Gasteiger partial charge in [0.25, 0.3) is 0 Å². The average molecular weight is 339 g/mol. The lowest BCUT2D eigenvalue weighted by molar-refractivity contribution is -0.121. The zero-order valence-electron chi connectivity index (χ0n) is 15.3. The van der Waals surface area contributed by atoms with Crippen molar-refractivity contribution in [2.24, 2.45) is 0 Å². The van der Waals surface area contributed by atoms with Crippen LogP contribution in [0.1, 0.15) is 43.1 Å². The number of hydrogen-bond acceptors (Lipinski definition) is 3. The Morgan fingerprint density at radius 3 is 2.60 bits per heavy atom. The van der Waals surface area contributed by atoms with Gasteiger partial charge < -0.3 is 5.32 Å². The molecule has 132 valence electrons. The van der Waals surface area contributed by atoms with Gasteiger partial charge in [0.1, 0.15) is 11.0 Å². The van der Waals surface area contributed by atoms with Crippen molar-refractivity contribution in [3.63, 3.8) is 0 Å². The Kier molecular flexibility index (Phi) is 4.88. The summed E-state index contributed by atoms with van der Waals surface area (Å²) in [5.41, 5.74) is 5.30. The maximum absolute atomic E-state index is 12.1. The van der Waals surface area contributed by atoms with E-state index < -0.39 is 0 Å². The predicted octanol–water partition coefficient (Wildman–Crippen LogP) is 3.14. The molecule has 0 aliphatic heterocycles. The molecule has 3 rings (SSSR count). The van der Waals surface area contributed by atoms with Crippen molar-refractivity contribution in [2.75, 3.05) is 0 Å². The number of rotatable bonds is 6. The number of nitrogens with zero attached hydrogens (tertiary/aromatic N) is 4. The molecule has 0 bridgehead atoms. The molecule has 2 aromatic heterocycles. The van der Waals surface area contributed by atoms with Gasteiger partial charge in [-0.15, -0.1) is 0 Å². The lowest BCUT2D eigenvalue weighted by Crippen LogP contribution is -2.24. The van der Waals surface area contributed by atoms with Crippen molar-refractivity contribution >= 4 is 16.9 Å². The van der Waals surface area contributed by atoms with Crippen LogP contribution >= 0.6 is 0 Å². The van der Waals surface area contributed by atoms with E-state index in [2.05, 4.69) is 48.4 Å². The fourth-order valence-electron chi connectivity index (χ4n) is 2.94. The Hall–Kier alpha value is -2.63. The monoisotopic (exact) mass is 339 g/mol. The number of amides is 1. The Labute approximate surface area is 147 Å². The number of carbonyl (C=O) groups is 1. The number of hydrogen-bond donors (Lipinski definition) is 1. The molecule has 25 heavy (non-hydrogen) atoms. The van der Waals surface area contributed by atoms with Gasteiger partial charge in [0, 0.05) is 19.0 Å². The minimum atomic E-state index is 0.0260. The van der Waals surface area contributed by atoms with Gasteiger partial charge in [0.05, 0.1) is 18.4 Å². The van der Waals surface area contributed by atoms with Crippen LogP contribution in [0.5, 0.6) is 0 Å². The van der Waals surface area contributed by atoms with E-state index in [1.807, 2.05) is 34.6 Å². The molecule has 1 amide bonds. The van der Waals surface area contributed by atoms with Gasteiger partial charge in [0.15, 0.2) is 0 Å². The van der Waals surface area contributed by atoms with Crippen molar-refractivity contribution in [3.05, 3.63) is 47.3 Å². The molecule has 0 fully saturated rings. The van der Waals surface area contributed by atoms with E-state index in [9.17, 15) is 4.79 Å². The van der Waals surface area contributed by atoms with Gasteiger partial charge in [-0.1, -0.05) is 29.8 Å². The summed E-state index contributed by atoms with van der Waals surface area (Å²) in [6.07, 6.45) is 2.23. The van der Waals surface area contributed by atoms with E-state index >= 15 is 0 Å². The molecule has 6 nitrogen and oxygen atoms in total. The highest BCUT2D eigenvalue weighted by Gasteiger charge is 2.15. The van der Waals surface area contributed by atoms with Crippen LogP contribution < -0.4 is 5.32 Å². The molecule has 0 unspecified atom stereocenters. The standard InChI is InChI=1S/C19H25N5O/c1-13(2)24-17-12-21-23(19(17)15(4)22-24)10-9-18(25)20-11-16-7-5-14(3)6-8-16/h5-8,12-13H,9-11H2,1-4H3,(H,20,25). The van der Waals surface area contributed by atoms with Crippen molar-refractivity contribution in [2.45, 2.75) is 53.2 Å². The summed E-state index contributed by atoms with van der Waals surface area (Å²) < 4.78 is 3.85. The lowest BCUT2D eigenvalue weighted by atomic mass is 10.1. The minimum absolute atomic E-state index is 0.0260. The zero-order valence-corrected chi connectivity index (χ0v) is 15.3. The van der Waals surface area contributed by atoms with E-state index in [1.54, 1.807) is 0 Å². The third-order valence-corrected chi connectivity index (χ3v) is 4.32. The molecule has 0 radical (unpaired) electrons. The molecule has 0 spiro atoms. The van der Waals surface area contributed by atoms with Crippen LogP contribution in [0.4, 0.5) is 0 Å². The third-order valence-electron chi connectivity index (χ3n) is 4.32. The van der Waals surface area contributed by atoms with Gasteiger partial charge in [-0.3, -0.25) is 14.2 Å². The predicted molar refractivity (Wildman–Crippen MR) is 98.3 cm³/mol. The van der Waals surface area contributed by atoms with Crippen LogP contribution in [0.25, 0.3) is 11.0 Å². The number of aromatic nitrogens is 4. The fraction of sp³-hybridized carbons (Fsp3) is 0.421. The number of fused-ring (bicyclic) bond motifs is 1. The molecule has 0 saturated heterocycles. The fourth-order valence-corrected chi connectivity index (χ4v) is 2.94. The van der Waals surface area contributed by atoms with E-state index in [1.165, 1.54) is 5.56 Å². The SMILES string of the molecule is Cc1ccc(CNC(=O)CCn2ncc3c2c(C)nn3C(C)C)cc1. The van der Waals surface area contributed by atoms with Crippen LogP contribution in [-0.4, -0.2) is 25.5 Å². The Morgan fingerprint density at radius 2 is 1.92 bits per heavy atom. The normalized spacial score (nSPS) is 11.4. The number of carbonyl (C=O) groups excluding carboxylic acids is 1. The minimum Gasteiger partial charge on any atom is -0.352 e. The summed E-state index contributed by atoms with van der Waals surface area (Å²) in [4.78, 5) is 12.1. The summed E-state index contributed by atoms with van der Waals surface area (Å²) in [5, 5.41) is 12.0. The van der Waals surface area contributed by atoms with Crippen molar-refractivity contribution in [1.82, 2.24) is 24.9 Å². The van der Waals surface area contributed by atoms with Crippen LogP contribution in [0, 0.1) is 13.8 Å². The quantitative estimate of drug-likeness (QED) is 0.750. The summed E-state index contributed by atoms with van der Waals surface area (Å²) in [6, 6.07) is 8.47. The first kappa shape index (κ1) is 17.2. The first-order chi connectivity index (χ1) is 12.0.